The molecule has 3 aromatic heterocycles. The van der Waals surface area contributed by atoms with Gasteiger partial charge in [0.25, 0.3) is 0 Å². The van der Waals surface area contributed by atoms with Crippen LogP contribution in [-0.2, 0) is 5.41 Å². The Morgan fingerprint density at radius 3 is 1.56 bits per heavy atom. The van der Waals surface area contributed by atoms with Crippen LogP contribution in [0.1, 0.15) is 25.0 Å². The third-order valence-corrected chi connectivity index (χ3v) is 14.5. The first-order chi connectivity index (χ1) is 30.9. The second-order valence-electron chi connectivity index (χ2n) is 16.6. The van der Waals surface area contributed by atoms with Gasteiger partial charge < -0.3 is 9.80 Å². The van der Waals surface area contributed by atoms with Crippen molar-refractivity contribution in [2.75, 3.05) is 9.80 Å². The number of rotatable bonds is 8. The summed E-state index contributed by atoms with van der Waals surface area (Å²) in [6.07, 6.45) is 3.77. The van der Waals surface area contributed by atoms with Gasteiger partial charge in [-0.05, 0) is 166 Å². The molecule has 0 radical (unpaired) electrons. The van der Waals surface area contributed by atoms with E-state index in [4.69, 9.17) is 9.97 Å². The lowest BCUT2D eigenvalue weighted by atomic mass is 9.81. The molecular weight excluding hydrogens is 807 g/mol. The highest BCUT2D eigenvalue weighted by atomic mass is 32.1. The maximum atomic E-state index is 4.92. The Bertz CT molecular complexity index is 3420. The molecule has 0 bridgehead atoms. The fourth-order valence-electron chi connectivity index (χ4n) is 9.19. The van der Waals surface area contributed by atoms with Gasteiger partial charge in [-0.15, -0.1) is 22.7 Å². The minimum absolute atomic E-state index is 0.238. The van der Waals surface area contributed by atoms with E-state index >= 15 is 0 Å². The van der Waals surface area contributed by atoms with E-state index in [1.807, 2.05) is 30.6 Å². The van der Waals surface area contributed by atoms with E-state index < -0.39 is 0 Å². The highest BCUT2D eigenvalue weighted by molar-refractivity contribution is 7.22. The van der Waals surface area contributed by atoms with Crippen molar-refractivity contribution in [3.8, 4) is 32.3 Å². The molecule has 0 N–H and O–H groups in total. The van der Waals surface area contributed by atoms with Gasteiger partial charge in [0.05, 0.1) is 32.3 Å². The van der Waals surface area contributed by atoms with Crippen molar-refractivity contribution in [2.45, 2.75) is 19.3 Å². The van der Waals surface area contributed by atoms with Gasteiger partial charge in [-0.25, -0.2) is 9.97 Å². The number of thiazole rings is 2. The SMILES string of the molecule is CC1(C)c2cc(N(c3ccc(-c4nc5ccccc5s4)cc3)c3cccnc3)ccc2-c2cc3ccc(N(c4ccccc4)c4ccc(-c5nc6ccccc6s5)cc4)cc3cc21. The number of nitrogens with zero attached hydrogens (tertiary/aromatic N) is 5. The molecule has 5 nitrogen and oxygen atoms in total. The van der Waals surface area contributed by atoms with E-state index in [9.17, 15) is 0 Å². The van der Waals surface area contributed by atoms with Gasteiger partial charge >= 0.3 is 0 Å². The molecule has 0 saturated heterocycles. The summed E-state index contributed by atoms with van der Waals surface area (Å²) in [4.78, 5) is 19.0. The van der Waals surface area contributed by atoms with Gasteiger partial charge in [0.1, 0.15) is 10.0 Å². The lowest BCUT2D eigenvalue weighted by molar-refractivity contribution is 0.661. The average molecular weight is 846 g/mol. The number of aromatic nitrogens is 3. The molecule has 11 aromatic rings. The summed E-state index contributed by atoms with van der Waals surface area (Å²) in [6, 6.07) is 67.6. The molecule has 3 heterocycles. The fourth-order valence-corrected chi connectivity index (χ4v) is 11.1. The van der Waals surface area contributed by atoms with Gasteiger partial charge in [0.15, 0.2) is 0 Å². The van der Waals surface area contributed by atoms with E-state index in [2.05, 4.69) is 198 Å². The summed E-state index contributed by atoms with van der Waals surface area (Å²) in [6.45, 7) is 4.73. The summed E-state index contributed by atoms with van der Waals surface area (Å²) in [5, 5.41) is 4.48. The molecule has 1 aliphatic rings. The maximum Gasteiger partial charge on any atom is 0.124 e. The van der Waals surface area contributed by atoms with Crippen LogP contribution in [0.4, 0.5) is 34.1 Å². The highest BCUT2D eigenvalue weighted by Crippen LogP contribution is 2.52. The van der Waals surface area contributed by atoms with Crippen molar-refractivity contribution in [3.63, 3.8) is 0 Å². The Balaban J connectivity index is 0.898. The minimum Gasteiger partial charge on any atom is -0.310 e. The normalized spacial score (nSPS) is 12.7. The predicted octanol–water partition coefficient (Wildman–Crippen LogP) is 16.0. The molecule has 0 unspecified atom stereocenters. The van der Waals surface area contributed by atoms with Crippen molar-refractivity contribution in [1.82, 2.24) is 15.0 Å². The average Bonchev–Trinajstić information content (AvgIpc) is 4.03. The van der Waals surface area contributed by atoms with Crippen molar-refractivity contribution in [2.24, 2.45) is 0 Å². The summed E-state index contributed by atoms with van der Waals surface area (Å²) in [7, 11) is 0. The molecule has 0 saturated carbocycles. The van der Waals surface area contributed by atoms with Gasteiger partial charge in [0, 0.05) is 51.2 Å². The smallest absolute Gasteiger partial charge is 0.124 e. The highest BCUT2D eigenvalue weighted by Gasteiger charge is 2.36. The lowest BCUT2D eigenvalue weighted by Gasteiger charge is -2.28. The molecular formula is C56H39N5S2. The van der Waals surface area contributed by atoms with Crippen LogP contribution in [0.2, 0.25) is 0 Å². The molecule has 0 aliphatic heterocycles. The second kappa shape index (κ2) is 14.9. The van der Waals surface area contributed by atoms with Crippen LogP contribution in [-0.4, -0.2) is 15.0 Å². The lowest BCUT2D eigenvalue weighted by Crippen LogP contribution is -2.16. The third-order valence-electron chi connectivity index (χ3n) is 12.4. The summed E-state index contributed by atoms with van der Waals surface area (Å²) >= 11 is 3.46. The zero-order valence-corrected chi connectivity index (χ0v) is 36.2. The van der Waals surface area contributed by atoms with Gasteiger partial charge in [0.2, 0.25) is 0 Å². The van der Waals surface area contributed by atoms with Crippen LogP contribution in [0.15, 0.2) is 200 Å². The predicted molar refractivity (Wildman–Crippen MR) is 266 cm³/mol. The molecule has 0 spiro atoms. The topological polar surface area (TPSA) is 45.2 Å². The van der Waals surface area contributed by atoms with Crippen LogP contribution in [0.5, 0.6) is 0 Å². The number of hydrogen-bond donors (Lipinski definition) is 0. The molecule has 0 atom stereocenters. The van der Waals surface area contributed by atoms with Gasteiger partial charge in [-0.1, -0.05) is 68.4 Å². The van der Waals surface area contributed by atoms with E-state index in [-0.39, 0.29) is 5.41 Å². The quantitative estimate of drug-likeness (QED) is 0.152. The fraction of sp³-hybridized carbons (Fsp3) is 0.0536. The van der Waals surface area contributed by atoms with Crippen LogP contribution < -0.4 is 9.80 Å². The van der Waals surface area contributed by atoms with E-state index in [0.717, 1.165) is 66.3 Å². The zero-order chi connectivity index (χ0) is 42.1. The number of pyridine rings is 1. The standard InChI is InChI=1S/C56H39N5S2/c1-56(2)48-33-39-31-43(60(40-11-4-3-5-12-40)41-23-18-36(19-24-41)54-58-50-14-6-8-16-52(50)62-54)27-22-38(39)32-47(48)46-29-28-44(34-49(46)56)61(45-13-10-30-57-35-45)42-25-20-37(21-26-42)55-59-51-15-7-9-17-53(51)63-55/h3-35H,1-2H3. The second-order valence-corrected chi connectivity index (χ2v) is 18.6. The summed E-state index contributed by atoms with van der Waals surface area (Å²) in [5.41, 5.74) is 15.7. The van der Waals surface area contributed by atoms with Crippen LogP contribution in [0.3, 0.4) is 0 Å². The molecule has 8 aromatic carbocycles. The molecule has 12 rings (SSSR count). The van der Waals surface area contributed by atoms with Crippen LogP contribution >= 0.6 is 22.7 Å². The minimum atomic E-state index is -0.238. The molecule has 0 amide bonds. The molecule has 300 valence electrons. The zero-order valence-electron chi connectivity index (χ0n) is 34.6. The number of fused-ring (bicyclic) bond motifs is 6. The Morgan fingerprint density at radius 1 is 0.413 bits per heavy atom. The number of benzene rings is 8. The first kappa shape index (κ1) is 37.3. The van der Waals surface area contributed by atoms with Crippen molar-refractivity contribution in [1.29, 1.82) is 0 Å². The van der Waals surface area contributed by atoms with E-state index in [0.29, 0.717) is 0 Å². The molecule has 0 fully saturated rings. The van der Waals surface area contributed by atoms with E-state index in [1.54, 1.807) is 22.7 Å². The van der Waals surface area contributed by atoms with Gasteiger partial charge in [-0.2, -0.15) is 0 Å². The Kier molecular flexibility index (Phi) is 8.81. The van der Waals surface area contributed by atoms with Crippen LogP contribution in [0.25, 0.3) is 63.5 Å². The number of hydrogen-bond acceptors (Lipinski definition) is 7. The van der Waals surface area contributed by atoms with Crippen molar-refractivity contribution in [3.05, 3.63) is 212 Å². The summed E-state index contributed by atoms with van der Waals surface area (Å²) < 4.78 is 2.40. The Labute approximate surface area is 373 Å². The summed E-state index contributed by atoms with van der Waals surface area (Å²) in [5.74, 6) is 0. The molecule has 63 heavy (non-hydrogen) atoms. The number of anilines is 6. The molecule has 1 aliphatic carbocycles. The monoisotopic (exact) mass is 845 g/mol. The largest absolute Gasteiger partial charge is 0.310 e. The molecule has 7 heteroatoms. The maximum absolute atomic E-state index is 4.92. The number of para-hydroxylation sites is 3. The van der Waals surface area contributed by atoms with Crippen molar-refractivity contribution >= 4 is 88.0 Å². The first-order valence-electron chi connectivity index (χ1n) is 21.2. The third kappa shape index (κ3) is 6.47. The van der Waals surface area contributed by atoms with E-state index in [1.165, 1.54) is 42.4 Å². The Morgan fingerprint density at radius 2 is 0.937 bits per heavy atom. The van der Waals surface area contributed by atoms with Crippen LogP contribution in [0, 0.1) is 0 Å². The van der Waals surface area contributed by atoms with Gasteiger partial charge in [-0.3, -0.25) is 4.98 Å². The first-order valence-corrected chi connectivity index (χ1v) is 22.8. The van der Waals surface area contributed by atoms with Crippen molar-refractivity contribution < 1.29 is 0 Å². The Hall–Kier alpha value is -7.45.